The van der Waals surface area contributed by atoms with Gasteiger partial charge in [-0.25, -0.2) is 0 Å². The van der Waals surface area contributed by atoms with E-state index in [2.05, 4.69) is 18.2 Å². The van der Waals surface area contributed by atoms with Crippen LogP contribution in [0.2, 0.25) is 0 Å². The van der Waals surface area contributed by atoms with Crippen molar-refractivity contribution in [3.05, 3.63) is 58.7 Å². The smallest absolute Gasteiger partial charge is 0.255 e. The van der Waals surface area contributed by atoms with E-state index < -0.39 is 0 Å². The molecule has 4 heteroatoms. The van der Waals surface area contributed by atoms with Crippen molar-refractivity contribution < 1.29 is 14.3 Å². The minimum Gasteiger partial charge on any atom is -0.454 e. The van der Waals surface area contributed by atoms with E-state index in [0.29, 0.717) is 5.75 Å². The number of carbonyl (C=O) groups excluding carboxylic acids is 1. The number of hydrogen-bond acceptors (Lipinski definition) is 3. The number of nitrogens with zero attached hydrogens (tertiary/aromatic N) is 1. The molecule has 0 bridgehead atoms. The van der Waals surface area contributed by atoms with Crippen molar-refractivity contribution in [2.45, 2.75) is 12.5 Å². The fourth-order valence-electron chi connectivity index (χ4n) is 3.64. The molecule has 1 amide bonds. The molecule has 1 atom stereocenters. The number of hydrogen-bond donors (Lipinski definition) is 0. The first-order chi connectivity index (χ1) is 10.3. The summed E-state index contributed by atoms with van der Waals surface area (Å²) in [7, 11) is 0. The van der Waals surface area contributed by atoms with Gasteiger partial charge >= 0.3 is 0 Å². The van der Waals surface area contributed by atoms with E-state index in [0.717, 1.165) is 29.8 Å². The predicted molar refractivity (Wildman–Crippen MR) is 75.6 cm³/mol. The SMILES string of the molecule is O=C1c2cc3c(cc2C2c4ccccc4CCN12)OCO3. The summed E-state index contributed by atoms with van der Waals surface area (Å²) in [5, 5.41) is 0. The van der Waals surface area contributed by atoms with Crippen molar-refractivity contribution in [3.8, 4) is 11.5 Å². The standard InChI is InChI=1S/C17H13NO3/c19-17-13-8-15-14(20-9-21-15)7-12(13)16-11-4-2-1-3-10(11)5-6-18(16)17/h1-4,7-8,16H,5-6,9H2. The molecule has 2 aromatic rings. The van der Waals surface area contributed by atoms with Crippen LogP contribution in [-0.2, 0) is 6.42 Å². The third kappa shape index (κ3) is 1.37. The molecule has 0 N–H and O–H groups in total. The lowest BCUT2D eigenvalue weighted by Gasteiger charge is -2.32. The molecule has 4 nitrogen and oxygen atoms in total. The molecule has 21 heavy (non-hydrogen) atoms. The Balaban J connectivity index is 1.75. The maximum absolute atomic E-state index is 12.7. The first-order valence-corrected chi connectivity index (χ1v) is 7.15. The van der Waals surface area contributed by atoms with E-state index in [9.17, 15) is 4.79 Å². The lowest BCUT2D eigenvalue weighted by molar-refractivity contribution is 0.0739. The van der Waals surface area contributed by atoms with Crippen LogP contribution in [0.3, 0.4) is 0 Å². The zero-order valence-electron chi connectivity index (χ0n) is 11.3. The van der Waals surface area contributed by atoms with E-state index in [4.69, 9.17) is 9.47 Å². The molecule has 0 spiro atoms. The molecule has 3 aliphatic rings. The van der Waals surface area contributed by atoms with Gasteiger partial charge in [0, 0.05) is 12.1 Å². The summed E-state index contributed by atoms with van der Waals surface area (Å²) < 4.78 is 10.9. The van der Waals surface area contributed by atoms with Gasteiger partial charge in [0.25, 0.3) is 5.91 Å². The summed E-state index contributed by atoms with van der Waals surface area (Å²) in [5.41, 5.74) is 4.35. The molecule has 1 unspecified atom stereocenters. The highest BCUT2D eigenvalue weighted by Gasteiger charge is 2.42. The molecule has 0 saturated carbocycles. The monoisotopic (exact) mass is 279 g/mol. The summed E-state index contributed by atoms with van der Waals surface area (Å²) in [6.07, 6.45) is 0.916. The molecular weight excluding hydrogens is 266 g/mol. The zero-order chi connectivity index (χ0) is 14.0. The van der Waals surface area contributed by atoms with Gasteiger partial charge in [-0.1, -0.05) is 24.3 Å². The highest BCUT2D eigenvalue weighted by molar-refractivity contribution is 6.01. The average molecular weight is 279 g/mol. The van der Waals surface area contributed by atoms with Crippen LogP contribution in [0.25, 0.3) is 0 Å². The van der Waals surface area contributed by atoms with Gasteiger partial charge in [0.1, 0.15) is 0 Å². The van der Waals surface area contributed by atoms with Crippen molar-refractivity contribution in [3.63, 3.8) is 0 Å². The van der Waals surface area contributed by atoms with Crippen LogP contribution in [0, 0.1) is 0 Å². The highest BCUT2D eigenvalue weighted by Crippen LogP contribution is 2.47. The van der Waals surface area contributed by atoms with E-state index >= 15 is 0 Å². The fourth-order valence-corrected chi connectivity index (χ4v) is 3.64. The summed E-state index contributed by atoms with van der Waals surface area (Å²) >= 11 is 0. The molecule has 0 fully saturated rings. The summed E-state index contributed by atoms with van der Waals surface area (Å²) in [4.78, 5) is 14.6. The predicted octanol–water partition coefficient (Wildman–Crippen LogP) is 2.52. The Morgan fingerprint density at radius 2 is 1.86 bits per heavy atom. The number of rotatable bonds is 0. The van der Waals surface area contributed by atoms with Crippen molar-refractivity contribution in [2.24, 2.45) is 0 Å². The van der Waals surface area contributed by atoms with Gasteiger partial charge in [0.2, 0.25) is 6.79 Å². The lowest BCUT2D eigenvalue weighted by Crippen LogP contribution is -2.34. The molecule has 5 rings (SSSR count). The maximum atomic E-state index is 12.7. The molecular formula is C17H13NO3. The van der Waals surface area contributed by atoms with Gasteiger partial charge in [0.15, 0.2) is 11.5 Å². The summed E-state index contributed by atoms with van der Waals surface area (Å²) in [5.74, 6) is 1.52. The van der Waals surface area contributed by atoms with E-state index in [1.807, 2.05) is 23.1 Å². The lowest BCUT2D eigenvalue weighted by atomic mass is 9.90. The van der Waals surface area contributed by atoms with Gasteiger partial charge in [-0.3, -0.25) is 4.79 Å². The number of carbonyl (C=O) groups is 1. The Morgan fingerprint density at radius 1 is 1.05 bits per heavy atom. The van der Waals surface area contributed by atoms with Gasteiger partial charge in [-0.15, -0.1) is 0 Å². The zero-order valence-corrected chi connectivity index (χ0v) is 11.3. The Hall–Kier alpha value is -2.49. The van der Waals surface area contributed by atoms with Gasteiger partial charge in [-0.05, 0) is 35.2 Å². The third-order valence-corrected chi connectivity index (χ3v) is 4.61. The maximum Gasteiger partial charge on any atom is 0.255 e. The number of ether oxygens (including phenoxy) is 2. The summed E-state index contributed by atoms with van der Waals surface area (Å²) in [6, 6.07) is 12.2. The van der Waals surface area contributed by atoms with Crippen LogP contribution < -0.4 is 9.47 Å². The topological polar surface area (TPSA) is 38.8 Å². The van der Waals surface area contributed by atoms with Crippen LogP contribution in [0.4, 0.5) is 0 Å². The molecule has 0 aromatic heterocycles. The Kier molecular flexibility index (Phi) is 2.02. The minimum absolute atomic E-state index is 0.0203. The Morgan fingerprint density at radius 3 is 2.76 bits per heavy atom. The van der Waals surface area contributed by atoms with Gasteiger partial charge < -0.3 is 14.4 Å². The second-order valence-corrected chi connectivity index (χ2v) is 5.64. The molecule has 3 heterocycles. The number of amides is 1. The average Bonchev–Trinajstić information content (AvgIpc) is 3.09. The van der Waals surface area contributed by atoms with E-state index in [-0.39, 0.29) is 18.7 Å². The van der Waals surface area contributed by atoms with Crippen molar-refractivity contribution >= 4 is 5.91 Å². The van der Waals surface area contributed by atoms with E-state index in [1.54, 1.807) is 0 Å². The second-order valence-electron chi connectivity index (χ2n) is 5.64. The van der Waals surface area contributed by atoms with Crippen LogP contribution in [0.5, 0.6) is 11.5 Å². The minimum atomic E-state index is 0.0203. The molecule has 3 aliphatic heterocycles. The van der Waals surface area contributed by atoms with Crippen molar-refractivity contribution in [2.75, 3.05) is 13.3 Å². The van der Waals surface area contributed by atoms with Gasteiger partial charge in [-0.2, -0.15) is 0 Å². The number of fused-ring (bicyclic) bond motifs is 6. The Bertz CT molecular complexity index is 784. The van der Waals surface area contributed by atoms with Crippen LogP contribution in [0.15, 0.2) is 36.4 Å². The Labute approximate surface area is 121 Å². The molecule has 2 aromatic carbocycles. The summed E-state index contributed by atoms with van der Waals surface area (Å²) in [6.45, 7) is 0.999. The normalized spacial score (nSPS) is 21.0. The first-order valence-electron chi connectivity index (χ1n) is 7.15. The van der Waals surface area contributed by atoms with E-state index in [1.165, 1.54) is 11.1 Å². The third-order valence-electron chi connectivity index (χ3n) is 4.61. The quantitative estimate of drug-likeness (QED) is 0.744. The van der Waals surface area contributed by atoms with Crippen LogP contribution in [-0.4, -0.2) is 24.1 Å². The van der Waals surface area contributed by atoms with Crippen LogP contribution >= 0.6 is 0 Å². The van der Waals surface area contributed by atoms with Crippen molar-refractivity contribution in [1.29, 1.82) is 0 Å². The molecule has 104 valence electrons. The van der Waals surface area contributed by atoms with Crippen molar-refractivity contribution in [1.82, 2.24) is 4.90 Å². The molecule has 0 aliphatic carbocycles. The largest absolute Gasteiger partial charge is 0.454 e. The number of benzene rings is 2. The molecule has 0 saturated heterocycles. The fraction of sp³-hybridized carbons (Fsp3) is 0.235. The molecule has 0 radical (unpaired) electrons. The second kappa shape index (κ2) is 3.79. The van der Waals surface area contributed by atoms with Crippen LogP contribution in [0.1, 0.15) is 33.1 Å². The first kappa shape index (κ1) is 11.2. The highest BCUT2D eigenvalue weighted by atomic mass is 16.7. The van der Waals surface area contributed by atoms with Gasteiger partial charge in [0.05, 0.1) is 6.04 Å².